The molecule has 0 aliphatic carbocycles. The van der Waals surface area contributed by atoms with Crippen molar-refractivity contribution in [1.29, 1.82) is 0 Å². The molecule has 0 unspecified atom stereocenters. The second-order valence-corrected chi connectivity index (χ2v) is 4.40. The lowest BCUT2D eigenvalue weighted by atomic mass is 10.2. The summed E-state index contributed by atoms with van der Waals surface area (Å²) in [7, 11) is 0. The van der Waals surface area contributed by atoms with Crippen molar-refractivity contribution in [3.05, 3.63) is 47.7 Å². The maximum absolute atomic E-state index is 4.26. The van der Waals surface area contributed by atoms with Gasteiger partial charge in [0.1, 0.15) is 16.7 Å². The Morgan fingerprint density at radius 2 is 1.94 bits per heavy atom. The van der Waals surface area contributed by atoms with E-state index < -0.39 is 0 Å². The topological polar surface area (TPSA) is 50.7 Å². The van der Waals surface area contributed by atoms with Crippen LogP contribution < -0.4 is 5.32 Å². The summed E-state index contributed by atoms with van der Waals surface area (Å²) in [6.45, 7) is 0.741. The van der Waals surface area contributed by atoms with Gasteiger partial charge in [-0.05, 0) is 5.56 Å². The first kappa shape index (κ1) is 10.2. The lowest BCUT2D eigenvalue weighted by Crippen LogP contribution is -2.02. The van der Waals surface area contributed by atoms with Gasteiger partial charge in [0.05, 0.1) is 5.51 Å². The second-order valence-electron chi connectivity index (χ2n) is 3.57. The van der Waals surface area contributed by atoms with Crippen molar-refractivity contribution in [1.82, 2.24) is 15.0 Å². The largest absolute Gasteiger partial charge is 0.364 e. The van der Waals surface area contributed by atoms with Crippen LogP contribution in [0.4, 0.5) is 5.82 Å². The summed E-state index contributed by atoms with van der Waals surface area (Å²) < 4.78 is 0. The fourth-order valence-corrected chi connectivity index (χ4v) is 2.23. The predicted molar refractivity (Wildman–Crippen MR) is 69.0 cm³/mol. The number of hydrogen-bond donors (Lipinski definition) is 1. The van der Waals surface area contributed by atoms with Crippen molar-refractivity contribution >= 4 is 27.5 Å². The molecule has 0 radical (unpaired) electrons. The molecule has 3 aromatic rings. The Labute approximate surface area is 102 Å². The molecule has 0 fully saturated rings. The summed E-state index contributed by atoms with van der Waals surface area (Å²) in [4.78, 5) is 13.6. The van der Waals surface area contributed by atoms with Crippen LogP contribution in [0.5, 0.6) is 0 Å². The predicted octanol–water partition coefficient (Wildman–Crippen LogP) is 2.70. The molecule has 4 nitrogen and oxygen atoms in total. The highest BCUT2D eigenvalue weighted by Gasteiger charge is 2.05. The van der Waals surface area contributed by atoms with Gasteiger partial charge in [0.25, 0.3) is 0 Å². The number of aromatic nitrogens is 3. The maximum atomic E-state index is 4.26. The summed E-state index contributed by atoms with van der Waals surface area (Å²) in [6.07, 6.45) is 1.56. The normalized spacial score (nSPS) is 10.6. The number of fused-ring (bicyclic) bond motifs is 1. The third-order valence-corrected chi connectivity index (χ3v) is 3.17. The van der Waals surface area contributed by atoms with Crippen LogP contribution in [0.25, 0.3) is 10.3 Å². The van der Waals surface area contributed by atoms with Crippen LogP contribution in [0, 0.1) is 0 Å². The van der Waals surface area contributed by atoms with Crippen LogP contribution >= 0.6 is 11.3 Å². The van der Waals surface area contributed by atoms with Gasteiger partial charge in [0.15, 0.2) is 5.82 Å². The van der Waals surface area contributed by atoms with Crippen LogP contribution in [0.3, 0.4) is 0 Å². The highest BCUT2D eigenvalue weighted by Crippen LogP contribution is 2.20. The standard InChI is InChI=1S/C12H10N4S/c1-2-4-9(5-3-1)6-13-11-10-12(15-7-14-11)17-8-16-10/h1-5,7-8H,6H2,(H,13,14,15). The van der Waals surface area contributed by atoms with E-state index in [2.05, 4.69) is 32.4 Å². The van der Waals surface area contributed by atoms with Gasteiger partial charge in [-0.3, -0.25) is 0 Å². The molecule has 1 aromatic carbocycles. The van der Waals surface area contributed by atoms with Crippen molar-refractivity contribution in [3.63, 3.8) is 0 Å². The molecule has 5 heteroatoms. The first-order valence-corrected chi connectivity index (χ1v) is 6.13. The minimum atomic E-state index is 0.741. The third kappa shape index (κ3) is 2.09. The summed E-state index contributed by atoms with van der Waals surface area (Å²) in [5.41, 5.74) is 3.84. The Hall–Kier alpha value is -2.01. The van der Waals surface area contributed by atoms with E-state index in [0.717, 1.165) is 22.7 Å². The monoisotopic (exact) mass is 242 g/mol. The van der Waals surface area contributed by atoms with Crippen LogP contribution in [-0.2, 0) is 6.54 Å². The quantitative estimate of drug-likeness (QED) is 0.767. The first-order chi connectivity index (χ1) is 8.43. The molecule has 0 spiro atoms. The van der Waals surface area contributed by atoms with E-state index in [1.165, 1.54) is 16.9 Å². The number of nitrogens with one attached hydrogen (secondary N) is 1. The summed E-state index contributed by atoms with van der Waals surface area (Å²) in [5, 5.41) is 3.28. The molecule has 0 atom stereocenters. The van der Waals surface area contributed by atoms with E-state index >= 15 is 0 Å². The molecule has 1 N–H and O–H groups in total. The smallest absolute Gasteiger partial charge is 0.157 e. The van der Waals surface area contributed by atoms with Crippen molar-refractivity contribution in [2.75, 3.05) is 5.32 Å². The second kappa shape index (κ2) is 4.47. The van der Waals surface area contributed by atoms with Gasteiger partial charge in [0.2, 0.25) is 0 Å². The summed E-state index contributed by atoms with van der Waals surface area (Å²) in [6, 6.07) is 10.2. The fraction of sp³-hybridized carbons (Fsp3) is 0.0833. The van der Waals surface area contributed by atoms with E-state index in [1.807, 2.05) is 18.2 Å². The average Bonchev–Trinajstić information content (AvgIpc) is 2.86. The maximum Gasteiger partial charge on any atom is 0.157 e. The highest BCUT2D eigenvalue weighted by atomic mass is 32.1. The lowest BCUT2D eigenvalue weighted by molar-refractivity contribution is 1.10. The van der Waals surface area contributed by atoms with Gasteiger partial charge in [-0.15, -0.1) is 11.3 Å². The van der Waals surface area contributed by atoms with Crippen LogP contribution in [0.1, 0.15) is 5.56 Å². The Morgan fingerprint density at radius 1 is 1.06 bits per heavy atom. The number of thiazole rings is 1. The fourth-order valence-electron chi connectivity index (χ4n) is 1.61. The zero-order valence-corrected chi connectivity index (χ0v) is 9.81. The molecular weight excluding hydrogens is 232 g/mol. The molecular formula is C12H10N4S. The van der Waals surface area contributed by atoms with Gasteiger partial charge in [-0.25, -0.2) is 15.0 Å². The zero-order chi connectivity index (χ0) is 11.5. The molecule has 3 rings (SSSR count). The molecule has 17 heavy (non-hydrogen) atoms. The van der Waals surface area contributed by atoms with E-state index in [-0.39, 0.29) is 0 Å². The van der Waals surface area contributed by atoms with Crippen LogP contribution in [0.15, 0.2) is 42.2 Å². The third-order valence-electron chi connectivity index (χ3n) is 2.44. The van der Waals surface area contributed by atoms with Crippen LogP contribution in [-0.4, -0.2) is 15.0 Å². The van der Waals surface area contributed by atoms with Gasteiger partial charge >= 0.3 is 0 Å². The molecule has 0 bridgehead atoms. The van der Waals surface area contributed by atoms with Crippen molar-refractivity contribution < 1.29 is 0 Å². The van der Waals surface area contributed by atoms with E-state index in [1.54, 1.807) is 11.8 Å². The van der Waals surface area contributed by atoms with Crippen LogP contribution in [0.2, 0.25) is 0 Å². The molecule has 0 amide bonds. The minimum absolute atomic E-state index is 0.741. The van der Waals surface area contributed by atoms with Gasteiger partial charge in [0, 0.05) is 6.54 Å². The molecule has 0 saturated carbocycles. The summed E-state index contributed by atoms with van der Waals surface area (Å²) in [5.74, 6) is 0.792. The molecule has 0 aliphatic heterocycles. The number of anilines is 1. The SMILES string of the molecule is c1ccc(CNc2ncnc3scnc23)cc1. The van der Waals surface area contributed by atoms with Crippen molar-refractivity contribution in [2.45, 2.75) is 6.54 Å². The Morgan fingerprint density at radius 3 is 2.82 bits per heavy atom. The molecule has 0 aliphatic rings. The Balaban J connectivity index is 1.84. The minimum Gasteiger partial charge on any atom is -0.364 e. The van der Waals surface area contributed by atoms with Gasteiger partial charge in [-0.2, -0.15) is 0 Å². The Bertz CT molecular complexity index is 620. The van der Waals surface area contributed by atoms with Crippen molar-refractivity contribution in [2.24, 2.45) is 0 Å². The molecule has 2 aromatic heterocycles. The number of nitrogens with zero attached hydrogens (tertiary/aromatic N) is 3. The zero-order valence-electron chi connectivity index (χ0n) is 9.00. The highest BCUT2D eigenvalue weighted by molar-refractivity contribution is 7.16. The average molecular weight is 242 g/mol. The van der Waals surface area contributed by atoms with E-state index in [4.69, 9.17) is 0 Å². The van der Waals surface area contributed by atoms with Gasteiger partial charge in [-0.1, -0.05) is 30.3 Å². The number of hydrogen-bond acceptors (Lipinski definition) is 5. The molecule has 84 valence electrons. The van der Waals surface area contributed by atoms with Crippen molar-refractivity contribution in [3.8, 4) is 0 Å². The first-order valence-electron chi connectivity index (χ1n) is 5.25. The summed E-state index contributed by atoms with van der Waals surface area (Å²) >= 11 is 1.52. The molecule has 0 saturated heterocycles. The van der Waals surface area contributed by atoms with E-state index in [0.29, 0.717) is 0 Å². The molecule has 2 heterocycles. The Kier molecular flexibility index (Phi) is 2.67. The van der Waals surface area contributed by atoms with E-state index in [9.17, 15) is 0 Å². The number of benzene rings is 1. The number of rotatable bonds is 3. The lowest BCUT2D eigenvalue weighted by Gasteiger charge is -2.05. The van der Waals surface area contributed by atoms with Gasteiger partial charge < -0.3 is 5.32 Å².